The van der Waals surface area contributed by atoms with E-state index in [0.29, 0.717) is 0 Å². The van der Waals surface area contributed by atoms with Crippen LogP contribution in [0.3, 0.4) is 0 Å². The van der Waals surface area contributed by atoms with Crippen molar-refractivity contribution in [3.05, 3.63) is 0 Å². The van der Waals surface area contributed by atoms with Crippen LogP contribution in [-0.4, -0.2) is 10.5 Å². The van der Waals surface area contributed by atoms with Gasteiger partial charge in [0.05, 0.1) is 0 Å². The molecule has 0 heterocycles. The van der Waals surface area contributed by atoms with Gasteiger partial charge in [-0.05, 0) is 25.0 Å². The second kappa shape index (κ2) is 5.24. The molecule has 0 aromatic rings. The topological polar surface area (TPSA) is 0 Å². The van der Waals surface area contributed by atoms with Crippen molar-refractivity contribution >= 4 is 28.2 Å². The van der Waals surface area contributed by atoms with E-state index in [1.165, 1.54) is 6.42 Å². The van der Waals surface area contributed by atoms with Crippen molar-refractivity contribution in [1.29, 1.82) is 0 Å². The maximum atomic E-state index is 5.04. The lowest BCUT2D eigenvalue weighted by Gasteiger charge is -2.02. The average molecular weight is 162 g/mol. The van der Waals surface area contributed by atoms with Gasteiger partial charge >= 0.3 is 0 Å². The van der Waals surface area contributed by atoms with Crippen molar-refractivity contribution in [1.82, 2.24) is 0 Å². The third kappa shape index (κ3) is 6.32. The zero-order chi connectivity index (χ0) is 7.28. The molecule has 0 unspecified atom stereocenters. The van der Waals surface area contributed by atoms with Crippen LogP contribution in [0.15, 0.2) is 0 Å². The van der Waals surface area contributed by atoms with Gasteiger partial charge in [0, 0.05) is 4.20 Å². The molecule has 0 saturated carbocycles. The Hall–Kier alpha value is 0.440. The lowest BCUT2D eigenvalue weighted by molar-refractivity contribution is 0.607. The zero-order valence-electron chi connectivity index (χ0n) is 6.31. The summed E-state index contributed by atoms with van der Waals surface area (Å²) >= 11 is 6.73. The molecule has 0 aromatic heterocycles. The van der Waals surface area contributed by atoms with Crippen molar-refractivity contribution in [2.75, 3.05) is 6.26 Å². The minimum absolute atomic E-state index is 0.787. The molecule has 0 saturated heterocycles. The molecule has 0 rings (SSSR count). The fourth-order valence-electron chi connectivity index (χ4n) is 0.509. The molecule has 0 aliphatic carbocycles. The van der Waals surface area contributed by atoms with Crippen molar-refractivity contribution in [3.63, 3.8) is 0 Å². The number of hydrogen-bond donors (Lipinski definition) is 0. The molecule has 0 aromatic carbocycles. The Morgan fingerprint density at radius 1 is 1.56 bits per heavy atom. The second-order valence-electron chi connectivity index (χ2n) is 2.51. The zero-order valence-corrected chi connectivity index (χ0v) is 7.94. The van der Waals surface area contributed by atoms with Crippen molar-refractivity contribution in [3.8, 4) is 0 Å². The van der Waals surface area contributed by atoms with E-state index in [4.69, 9.17) is 12.2 Å². The van der Waals surface area contributed by atoms with Gasteiger partial charge in [-0.3, -0.25) is 0 Å². The molecule has 0 spiro atoms. The Bertz CT molecular complexity index is 86.9. The maximum Gasteiger partial charge on any atom is 0.0475 e. The largest absolute Gasteiger partial charge is 0.122 e. The first-order chi connectivity index (χ1) is 4.16. The molecule has 54 valence electrons. The molecule has 0 aliphatic rings. The fourth-order valence-corrected chi connectivity index (χ4v) is 0.948. The van der Waals surface area contributed by atoms with E-state index in [9.17, 15) is 0 Å². The van der Waals surface area contributed by atoms with Gasteiger partial charge in [-0.2, -0.15) is 0 Å². The van der Waals surface area contributed by atoms with Gasteiger partial charge in [0.15, 0.2) is 0 Å². The van der Waals surface area contributed by atoms with Gasteiger partial charge in [0.1, 0.15) is 0 Å². The summed E-state index contributed by atoms with van der Waals surface area (Å²) < 4.78 is 1.14. The number of thiocarbonyl (C=S) groups is 1. The molecule has 0 aliphatic heterocycles. The van der Waals surface area contributed by atoms with Crippen LogP contribution >= 0.6 is 24.0 Å². The van der Waals surface area contributed by atoms with Crippen LogP contribution in [0.4, 0.5) is 0 Å². The molecular formula is C7H14S2. The van der Waals surface area contributed by atoms with Gasteiger partial charge in [-0.15, -0.1) is 11.8 Å². The van der Waals surface area contributed by atoms with Crippen LogP contribution in [0, 0.1) is 5.92 Å². The summed E-state index contributed by atoms with van der Waals surface area (Å²) in [5.41, 5.74) is 0. The maximum absolute atomic E-state index is 5.04. The summed E-state index contributed by atoms with van der Waals surface area (Å²) in [4.78, 5) is 0. The first kappa shape index (κ1) is 9.44. The van der Waals surface area contributed by atoms with Gasteiger partial charge in [0.2, 0.25) is 0 Å². The Morgan fingerprint density at radius 3 is 2.44 bits per heavy atom. The van der Waals surface area contributed by atoms with E-state index in [1.54, 1.807) is 11.8 Å². The van der Waals surface area contributed by atoms with Crippen molar-refractivity contribution in [2.45, 2.75) is 26.7 Å². The fraction of sp³-hybridized carbons (Fsp3) is 0.857. The summed E-state index contributed by atoms with van der Waals surface area (Å²) in [6.07, 6.45) is 4.39. The summed E-state index contributed by atoms with van der Waals surface area (Å²) in [6.45, 7) is 4.45. The summed E-state index contributed by atoms with van der Waals surface area (Å²) in [7, 11) is 0. The number of rotatable bonds is 3. The molecule has 0 N–H and O–H groups in total. The quantitative estimate of drug-likeness (QED) is 0.585. The summed E-state index contributed by atoms with van der Waals surface area (Å²) in [6, 6.07) is 0. The Labute approximate surface area is 67.4 Å². The smallest absolute Gasteiger partial charge is 0.0475 e. The highest BCUT2D eigenvalue weighted by atomic mass is 32.2. The predicted molar refractivity (Wildman–Crippen MR) is 50.2 cm³/mol. The number of thioether (sulfide) groups is 1. The van der Waals surface area contributed by atoms with E-state index in [0.717, 1.165) is 16.5 Å². The standard InChI is InChI=1S/C7H14S2/c1-6(2)4-5-7(8)9-3/h6H,4-5H2,1-3H3. The highest BCUT2D eigenvalue weighted by molar-refractivity contribution is 8.22. The predicted octanol–water partition coefficient (Wildman–Crippen LogP) is 3.11. The van der Waals surface area contributed by atoms with E-state index < -0.39 is 0 Å². The van der Waals surface area contributed by atoms with E-state index in [2.05, 4.69) is 13.8 Å². The van der Waals surface area contributed by atoms with E-state index in [-0.39, 0.29) is 0 Å². The normalized spacial score (nSPS) is 10.2. The summed E-state index contributed by atoms with van der Waals surface area (Å²) in [5, 5.41) is 0. The van der Waals surface area contributed by atoms with Gasteiger partial charge < -0.3 is 0 Å². The molecular weight excluding hydrogens is 148 g/mol. The molecule has 0 atom stereocenters. The van der Waals surface area contributed by atoms with Gasteiger partial charge in [0.25, 0.3) is 0 Å². The number of hydrogen-bond acceptors (Lipinski definition) is 2. The molecule has 9 heavy (non-hydrogen) atoms. The van der Waals surface area contributed by atoms with E-state index >= 15 is 0 Å². The first-order valence-electron chi connectivity index (χ1n) is 3.23. The molecule has 0 nitrogen and oxygen atoms in total. The average Bonchev–Trinajstić information content (AvgIpc) is 1.83. The minimum Gasteiger partial charge on any atom is -0.122 e. The monoisotopic (exact) mass is 162 g/mol. The van der Waals surface area contributed by atoms with Crippen LogP contribution in [0.1, 0.15) is 26.7 Å². The van der Waals surface area contributed by atoms with Gasteiger partial charge in [-0.25, -0.2) is 0 Å². The Kier molecular flexibility index (Phi) is 5.50. The molecule has 0 radical (unpaired) electrons. The minimum atomic E-state index is 0.787. The molecule has 0 fully saturated rings. The SMILES string of the molecule is CSC(=S)CCC(C)C. The van der Waals surface area contributed by atoms with Crippen molar-refractivity contribution < 1.29 is 0 Å². The van der Waals surface area contributed by atoms with Crippen LogP contribution in [-0.2, 0) is 0 Å². The highest BCUT2D eigenvalue weighted by Crippen LogP contribution is 2.10. The molecule has 0 amide bonds. The molecule has 0 bridgehead atoms. The van der Waals surface area contributed by atoms with Crippen LogP contribution < -0.4 is 0 Å². The Morgan fingerprint density at radius 2 is 2.11 bits per heavy atom. The van der Waals surface area contributed by atoms with Crippen LogP contribution in [0.25, 0.3) is 0 Å². The van der Waals surface area contributed by atoms with E-state index in [1.807, 2.05) is 6.26 Å². The Balaban J connectivity index is 3.17. The lowest BCUT2D eigenvalue weighted by Crippen LogP contribution is -1.92. The van der Waals surface area contributed by atoms with Crippen LogP contribution in [0.2, 0.25) is 0 Å². The first-order valence-corrected chi connectivity index (χ1v) is 4.87. The lowest BCUT2D eigenvalue weighted by atomic mass is 10.1. The van der Waals surface area contributed by atoms with Crippen molar-refractivity contribution in [2.24, 2.45) is 5.92 Å². The summed E-state index contributed by atoms with van der Waals surface area (Å²) in [5.74, 6) is 0.787. The van der Waals surface area contributed by atoms with Gasteiger partial charge in [-0.1, -0.05) is 26.1 Å². The third-order valence-corrected chi connectivity index (χ3v) is 2.52. The highest BCUT2D eigenvalue weighted by Gasteiger charge is 1.96. The molecule has 2 heteroatoms. The second-order valence-corrected chi connectivity index (χ2v) is 4.16. The van der Waals surface area contributed by atoms with Crippen LogP contribution in [0.5, 0.6) is 0 Å². The third-order valence-electron chi connectivity index (χ3n) is 1.15.